The number of ether oxygens (including phenoxy) is 1. The Morgan fingerprint density at radius 1 is 1.16 bits per heavy atom. The summed E-state index contributed by atoms with van der Waals surface area (Å²) in [5, 5.41) is 0.817. The number of anilines is 1. The summed E-state index contributed by atoms with van der Waals surface area (Å²) in [6, 6.07) is 11.8. The molecule has 0 aliphatic heterocycles. The van der Waals surface area contributed by atoms with Gasteiger partial charge in [0.1, 0.15) is 23.2 Å². The fourth-order valence-electron chi connectivity index (χ4n) is 1.72. The van der Waals surface area contributed by atoms with E-state index < -0.39 is 0 Å². The highest BCUT2D eigenvalue weighted by Gasteiger charge is 2.05. The number of benzene rings is 2. The molecule has 0 atom stereocenters. The average Bonchev–Trinajstić information content (AvgIpc) is 2.80. The Balaban J connectivity index is 1.76. The molecule has 0 radical (unpaired) electrons. The zero-order valence-electron chi connectivity index (χ0n) is 9.97. The van der Waals surface area contributed by atoms with E-state index in [2.05, 4.69) is 4.98 Å². The van der Waals surface area contributed by atoms with Crippen LogP contribution in [0.1, 0.15) is 5.01 Å². The molecule has 0 aliphatic rings. The van der Waals surface area contributed by atoms with Crippen molar-refractivity contribution in [2.75, 3.05) is 5.73 Å². The van der Waals surface area contributed by atoms with Crippen LogP contribution in [0.25, 0.3) is 10.2 Å². The molecule has 0 unspecified atom stereocenters. The zero-order valence-corrected chi connectivity index (χ0v) is 10.8. The molecule has 3 rings (SSSR count). The third kappa shape index (κ3) is 2.66. The Morgan fingerprint density at radius 3 is 2.74 bits per heavy atom. The van der Waals surface area contributed by atoms with Crippen molar-refractivity contribution >= 4 is 27.2 Å². The van der Waals surface area contributed by atoms with Crippen LogP contribution in [0.2, 0.25) is 0 Å². The van der Waals surface area contributed by atoms with Gasteiger partial charge in [0, 0.05) is 11.8 Å². The summed E-state index contributed by atoms with van der Waals surface area (Å²) in [7, 11) is 0. The monoisotopic (exact) mass is 274 g/mol. The minimum absolute atomic E-state index is 0.274. The van der Waals surface area contributed by atoms with Gasteiger partial charge in [-0.2, -0.15) is 0 Å². The summed E-state index contributed by atoms with van der Waals surface area (Å²) < 4.78 is 19.6. The molecule has 0 amide bonds. The van der Waals surface area contributed by atoms with Gasteiger partial charge in [-0.15, -0.1) is 11.3 Å². The number of halogens is 1. The fraction of sp³-hybridized carbons (Fsp3) is 0.0714. The van der Waals surface area contributed by atoms with E-state index in [0.717, 1.165) is 15.5 Å². The number of nitrogen functional groups attached to an aromatic ring is 1. The minimum atomic E-state index is -0.274. The Morgan fingerprint density at radius 2 is 1.95 bits per heavy atom. The first-order chi connectivity index (χ1) is 9.20. The van der Waals surface area contributed by atoms with Gasteiger partial charge in [-0.3, -0.25) is 0 Å². The lowest BCUT2D eigenvalue weighted by Crippen LogP contribution is -1.94. The molecule has 3 aromatic rings. The summed E-state index contributed by atoms with van der Waals surface area (Å²) in [5.74, 6) is 0.462. The predicted molar refractivity (Wildman–Crippen MR) is 74.8 cm³/mol. The normalized spacial score (nSPS) is 10.8. The number of nitrogens with two attached hydrogens (primary N) is 1. The van der Waals surface area contributed by atoms with Crippen LogP contribution in [0.5, 0.6) is 5.75 Å². The number of rotatable bonds is 3. The van der Waals surface area contributed by atoms with Gasteiger partial charge in [0.25, 0.3) is 0 Å². The second kappa shape index (κ2) is 4.85. The van der Waals surface area contributed by atoms with Crippen molar-refractivity contribution < 1.29 is 9.13 Å². The molecule has 2 aromatic carbocycles. The first-order valence-corrected chi connectivity index (χ1v) is 6.56. The van der Waals surface area contributed by atoms with E-state index in [-0.39, 0.29) is 5.82 Å². The molecular formula is C14H11FN2OS. The van der Waals surface area contributed by atoms with Crippen LogP contribution in [-0.4, -0.2) is 4.98 Å². The first-order valence-electron chi connectivity index (χ1n) is 5.74. The number of nitrogens with zero attached hydrogens (tertiary/aromatic N) is 1. The van der Waals surface area contributed by atoms with E-state index in [4.69, 9.17) is 10.5 Å². The summed E-state index contributed by atoms with van der Waals surface area (Å²) in [5.41, 5.74) is 6.96. The van der Waals surface area contributed by atoms with E-state index in [9.17, 15) is 4.39 Å². The van der Waals surface area contributed by atoms with Gasteiger partial charge in [0.15, 0.2) is 0 Å². The van der Waals surface area contributed by atoms with E-state index >= 15 is 0 Å². The summed E-state index contributed by atoms with van der Waals surface area (Å²) in [6.45, 7) is 0.366. The Hall–Kier alpha value is -2.14. The lowest BCUT2D eigenvalue weighted by atomic mass is 10.3. The highest BCUT2D eigenvalue weighted by atomic mass is 32.1. The molecule has 3 nitrogen and oxygen atoms in total. The maximum atomic E-state index is 13.1. The smallest absolute Gasteiger partial charge is 0.140 e. The summed E-state index contributed by atoms with van der Waals surface area (Å²) in [4.78, 5) is 4.33. The lowest BCUT2D eigenvalue weighted by Gasteiger charge is -2.03. The molecule has 0 saturated heterocycles. The number of fused-ring (bicyclic) bond motifs is 1. The van der Waals surface area contributed by atoms with Crippen LogP contribution in [0.15, 0.2) is 42.5 Å². The highest BCUT2D eigenvalue weighted by Crippen LogP contribution is 2.24. The maximum Gasteiger partial charge on any atom is 0.140 e. The van der Waals surface area contributed by atoms with E-state index in [1.165, 1.54) is 23.5 Å². The van der Waals surface area contributed by atoms with Crippen LogP contribution in [-0.2, 0) is 6.61 Å². The number of hydrogen-bond donors (Lipinski definition) is 1. The predicted octanol–water partition coefficient (Wildman–Crippen LogP) is 3.60. The van der Waals surface area contributed by atoms with Crippen LogP contribution in [0.3, 0.4) is 0 Å². The first kappa shape index (κ1) is 11.9. The van der Waals surface area contributed by atoms with E-state index in [1.807, 2.05) is 12.1 Å². The fourth-order valence-corrected chi connectivity index (χ4v) is 2.58. The second-order valence-corrected chi connectivity index (χ2v) is 5.19. The Bertz CT molecular complexity index is 709. The quantitative estimate of drug-likeness (QED) is 0.742. The van der Waals surface area contributed by atoms with Crippen molar-refractivity contribution in [2.24, 2.45) is 0 Å². The second-order valence-electron chi connectivity index (χ2n) is 4.08. The molecule has 0 saturated carbocycles. The van der Waals surface area contributed by atoms with Gasteiger partial charge in [-0.25, -0.2) is 9.37 Å². The molecule has 5 heteroatoms. The molecule has 0 spiro atoms. The zero-order chi connectivity index (χ0) is 13.2. The van der Waals surface area contributed by atoms with E-state index in [1.54, 1.807) is 18.2 Å². The van der Waals surface area contributed by atoms with Crippen molar-refractivity contribution in [2.45, 2.75) is 6.61 Å². The van der Waals surface area contributed by atoms with Crippen LogP contribution in [0, 0.1) is 5.82 Å². The molecule has 19 heavy (non-hydrogen) atoms. The Labute approximate surface area is 113 Å². The van der Waals surface area contributed by atoms with Crippen LogP contribution < -0.4 is 10.5 Å². The molecule has 1 aromatic heterocycles. The summed E-state index contributed by atoms with van der Waals surface area (Å²) in [6.07, 6.45) is 0. The molecule has 96 valence electrons. The van der Waals surface area contributed by atoms with Gasteiger partial charge in [-0.1, -0.05) is 0 Å². The topological polar surface area (TPSA) is 48.1 Å². The number of thiazole rings is 1. The van der Waals surface area contributed by atoms with Gasteiger partial charge < -0.3 is 10.5 Å². The van der Waals surface area contributed by atoms with Crippen molar-refractivity contribution in [3.05, 3.63) is 53.3 Å². The molecule has 0 bridgehead atoms. The average molecular weight is 274 g/mol. The van der Waals surface area contributed by atoms with Crippen molar-refractivity contribution in [3.63, 3.8) is 0 Å². The van der Waals surface area contributed by atoms with E-state index in [0.29, 0.717) is 17.8 Å². The van der Waals surface area contributed by atoms with Gasteiger partial charge in [0.05, 0.1) is 10.2 Å². The standard InChI is InChI=1S/C14H11FN2OS/c15-9-1-6-13-12(7-9)17-14(19-13)8-18-11-4-2-10(16)3-5-11/h1-7H,8,16H2. The molecule has 0 fully saturated rings. The largest absolute Gasteiger partial charge is 0.486 e. The summed E-state index contributed by atoms with van der Waals surface area (Å²) >= 11 is 1.50. The third-order valence-electron chi connectivity index (χ3n) is 2.64. The van der Waals surface area contributed by atoms with Crippen molar-refractivity contribution in [3.8, 4) is 5.75 Å². The maximum absolute atomic E-state index is 13.1. The highest BCUT2D eigenvalue weighted by molar-refractivity contribution is 7.18. The molecule has 0 aliphatic carbocycles. The van der Waals surface area contributed by atoms with Crippen LogP contribution in [0.4, 0.5) is 10.1 Å². The van der Waals surface area contributed by atoms with Gasteiger partial charge in [-0.05, 0) is 36.4 Å². The van der Waals surface area contributed by atoms with Gasteiger partial charge >= 0.3 is 0 Å². The van der Waals surface area contributed by atoms with Crippen molar-refractivity contribution in [1.82, 2.24) is 4.98 Å². The number of aromatic nitrogens is 1. The van der Waals surface area contributed by atoms with Crippen LogP contribution >= 0.6 is 11.3 Å². The Kier molecular flexibility index (Phi) is 3.05. The van der Waals surface area contributed by atoms with Gasteiger partial charge in [0.2, 0.25) is 0 Å². The third-order valence-corrected chi connectivity index (χ3v) is 3.65. The lowest BCUT2D eigenvalue weighted by molar-refractivity contribution is 0.306. The SMILES string of the molecule is Nc1ccc(OCc2nc3cc(F)ccc3s2)cc1. The molecule has 1 heterocycles. The number of hydrogen-bond acceptors (Lipinski definition) is 4. The molecule has 2 N–H and O–H groups in total. The van der Waals surface area contributed by atoms with Crippen molar-refractivity contribution in [1.29, 1.82) is 0 Å². The minimum Gasteiger partial charge on any atom is -0.486 e. The molecular weight excluding hydrogens is 263 g/mol.